The Kier molecular flexibility index (Phi) is 3.33. The van der Waals surface area contributed by atoms with Gasteiger partial charge in [0.05, 0.1) is 13.2 Å². The van der Waals surface area contributed by atoms with Gasteiger partial charge in [-0.25, -0.2) is 4.79 Å². The van der Waals surface area contributed by atoms with Crippen LogP contribution in [0.3, 0.4) is 0 Å². The van der Waals surface area contributed by atoms with E-state index in [2.05, 4.69) is 13.2 Å². The smallest absolute Gasteiger partial charge is 0.330 e. The summed E-state index contributed by atoms with van der Waals surface area (Å²) in [6, 6.07) is 0. The van der Waals surface area contributed by atoms with Crippen molar-refractivity contribution in [1.82, 2.24) is 0 Å². The number of carbonyl (C=O) groups excluding carboxylic acids is 1. The highest BCUT2D eigenvalue weighted by atomic mass is 16.6. The molecular weight excluding hydrogens is 224 g/mol. The molecule has 0 aliphatic carbocycles. The third-order valence-electron chi connectivity index (χ3n) is 3.09. The molecule has 0 spiro atoms. The highest BCUT2D eigenvalue weighted by molar-refractivity contribution is 5.81. The van der Waals surface area contributed by atoms with Crippen LogP contribution in [-0.2, 0) is 19.0 Å². The fourth-order valence-electron chi connectivity index (χ4n) is 2.28. The minimum Gasteiger partial charge on any atom is -0.454 e. The predicted octanol–water partition coefficient (Wildman–Crippen LogP) is 0.189. The van der Waals surface area contributed by atoms with Gasteiger partial charge in [0.25, 0.3) is 0 Å². The molecule has 2 heterocycles. The number of aliphatic hydroxyl groups is 1. The molecule has 2 rings (SSSR count). The summed E-state index contributed by atoms with van der Waals surface area (Å²) >= 11 is 0. The normalized spacial score (nSPS) is 39.7. The van der Waals surface area contributed by atoms with Gasteiger partial charge in [0.2, 0.25) is 0 Å². The molecule has 2 fully saturated rings. The van der Waals surface area contributed by atoms with Crippen LogP contribution >= 0.6 is 0 Å². The molecular formula is C12H16O5. The fourth-order valence-corrected chi connectivity index (χ4v) is 2.28. The van der Waals surface area contributed by atoms with E-state index < -0.39 is 29.9 Å². The van der Waals surface area contributed by atoms with E-state index in [1.54, 1.807) is 6.08 Å². The molecule has 0 radical (unpaired) electrons. The number of ether oxygens (including phenoxy) is 3. The van der Waals surface area contributed by atoms with Crippen LogP contribution in [0.2, 0.25) is 0 Å². The van der Waals surface area contributed by atoms with E-state index in [0.717, 1.165) is 6.08 Å². The molecule has 0 amide bonds. The van der Waals surface area contributed by atoms with E-state index in [4.69, 9.17) is 14.2 Å². The summed E-state index contributed by atoms with van der Waals surface area (Å²) in [6.07, 6.45) is 1.74. The van der Waals surface area contributed by atoms with Crippen molar-refractivity contribution in [2.45, 2.75) is 30.3 Å². The molecule has 0 aromatic rings. The second-order valence-electron chi connectivity index (χ2n) is 4.31. The molecule has 0 aromatic heterocycles. The number of hydrogen-bond acceptors (Lipinski definition) is 5. The summed E-state index contributed by atoms with van der Waals surface area (Å²) in [5, 5.41) is 10.3. The lowest BCUT2D eigenvalue weighted by Crippen LogP contribution is -2.43. The van der Waals surface area contributed by atoms with Crippen molar-refractivity contribution in [2.24, 2.45) is 0 Å². The zero-order valence-electron chi connectivity index (χ0n) is 9.50. The zero-order valence-corrected chi connectivity index (χ0v) is 9.50. The van der Waals surface area contributed by atoms with Gasteiger partial charge in [0.15, 0.2) is 6.10 Å². The lowest BCUT2D eigenvalue weighted by Gasteiger charge is -2.24. The van der Waals surface area contributed by atoms with Gasteiger partial charge in [-0.1, -0.05) is 12.7 Å². The van der Waals surface area contributed by atoms with Crippen LogP contribution in [0, 0.1) is 0 Å². The Hall–Kier alpha value is -1.17. The average Bonchev–Trinajstić information content (AvgIpc) is 2.83. The van der Waals surface area contributed by atoms with E-state index in [9.17, 15) is 9.90 Å². The van der Waals surface area contributed by atoms with Crippen LogP contribution in [0.4, 0.5) is 0 Å². The van der Waals surface area contributed by atoms with Crippen molar-refractivity contribution in [3.8, 4) is 0 Å². The summed E-state index contributed by atoms with van der Waals surface area (Å²) in [5.41, 5.74) is -1.07. The Morgan fingerprint density at radius 3 is 2.94 bits per heavy atom. The highest BCUT2D eigenvalue weighted by Crippen LogP contribution is 2.37. The molecule has 0 aromatic carbocycles. The molecule has 2 aliphatic rings. The van der Waals surface area contributed by atoms with Crippen LogP contribution in [-0.4, -0.2) is 48.2 Å². The highest BCUT2D eigenvalue weighted by Gasteiger charge is 2.56. The van der Waals surface area contributed by atoms with Gasteiger partial charge in [-0.15, -0.1) is 6.58 Å². The molecule has 0 unspecified atom stereocenters. The van der Waals surface area contributed by atoms with Crippen LogP contribution in [0.1, 0.15) is 6.42 Å². The molecule has 2 aliphatic heterocycles. The molecule has 1 N–H and O–H groups in total. The summed E-state index contributed by atoms with van der Waals surface area (Å²) < 4.78 is 16.0. The lowest BCUT2D eigenvalue weighted by atomic mass is 9.93. The monoisotopic (exact) mass is 240 g/mol. The van der Waals surface area contributed by atoms with Gasteiger partial charge in [-0.05, 0) is 6.42 Å². The quantitative estimate of drug-likeness (QED) is 0.431. The summed E-state index contributed by atoms with van der Waals surface area (Å²) in [7, 11) is 0. The Balaban J connectivity index is 2.04. The summed E-state index contributed by atoms with van der Waals surface area (Å²) in [4.78, 5) is 11.1. The Labute approximate surface area is 99.7 Å². The topological polar surface area (TPSA) is 65.0 Å². The Morgan fingerprint density at radius 1 is 1.53 bits per heavy atom. The molecule has 2 saturated heterocycles. The zero-order chi connectivity index (χ0) is 12.5. The van der Waals surface area contributed by atoms with E-state index in [0.29, 0.717) is 6.42 Å². The molecule has 5 heteroatoms. The van der Waals surface area contributed by atoms with Gasteiger partial charge in [-0.2, -0.15) is 0 Å². The van der Waals surface area contributed by atoms with Gasteiger partial charge in [0, 0.05) is 6.08 Å². The maximum atomic E-state index is 11.1. The first kappa shape index (κ1) is 12.3. The van der Waals surface area contributed by atoms with Crippen LogP contribution in [0.25, 0.3) is 0 Å². The maximum absolute atomic E-state index is 11.1. The van der Waals surface area contributed by atoms with E-state index in [1.165, 1.54) is 0 Å². The van der Waals surface area contributed by atoms with Gasteiger partial charge in [-0.3, -0.25) is 0 Å². The summed E-state index contributed by atoms with van der Waals surface area (Å²) in [5.74, 6) is -0.512. The molecule has 4 atom stereocenters. The number of rotatable bonds is 4. The number of carbonyl (C=O) groups is 1. The SMILES string of the molecule is C=CC[C@]1(O)CO[C@@H]2[C@H](OC(=O)C=C)CO[C@@H]21. The minimum atomic E-state index is -1.07. The first-order valence-corrected chi connectivity index (χ1v) is 5.50. The van der Waals surface area contributed by atoms with E-state index in [-0.39, 0.29) is 13.2 Å². The van der Waals surface area contributed by atoms with Crippen LogP contribution in [0.5, 0.6) is 0 Å². The molecule has 17 heavy (non-hydrogen) atoms. The third-order valence-corrected chi connectivity index (χ3v) is 3.09. The largest absolute Gasteiger partial charge is 0.454 e. The van der Waals surface area contributed by atoms with Crippen molar-refractivity contribution in [1.29, 1.82) is 0 Å². The van der Waals surface area contributed by atoms with Crippen LogP contribution < -0.4 is 0 Å². The van der Waals surface area contributed by atoms with Crippen molar-refractivity contribution >= 4 is 5.97 Å². The van der Waals surface area contributed by atoms with Crippen molar-refractivity contribution in [2.75, 3.05) is 13.2 Å². The lowest BCUT2D eigenvalue weighted by molar-refractivity contribution is -0.148. The van der Waals surface area contributed by atoms with Gasteiger partial charge < -0.3 is 19.3 Å². The van der Waals surface area contributed by atoms with Crippen LogP contribution in [0.15, 0.2) is 25.3 Å². The first-order valence-electron chi connectivity index (χ1n) is 5.50. The molecule has 5 nitrogen and oxygen atoms in total. The molecule has 0 bridgehead atoms. The van der Waals surface area contributed by atoms with Crippen molar-refractivity contribution in [3.63, 3.8) is 0 Å². The fraction of sp³-hybridized carbons (Fsp3) is 0.583. The number of fused-ring (bicyclic) bond motifs is 1. The average molecular weight is 240 g/mol. The molecule has 94 valence electrons. The van der Waals surface area contributed by atoms with E-state index in [1.807, 2.05) is 0 Å². The first-order chi connectivity index (χ1) is 8.10. The Bertz CT molecular complexity index is 340. The maximum Gasteiger partial charge on any atom is 0.330 e. The van der Waals surface area contributed by atoms with Gasteiger partial charge >= 0.3 is 5.97 Å². The number of hydrogen-bond donors (Lipinski definition) is 1. The molecule has 0 saturated carbocycles. The van der Waals surface area contributed by atoms with Gasteiger partial charge in [0.1, 0.15) is 17.8 Å². The standard InChI is InChI=1S/C12H16O5/c1-3-5-12(14)7-16-10-8(6-15-11(10)12)17-9(13)4-2/h3-4,8,10-11,14H,1-2,5-7H2/t8-,10-,11+,12+/m1/s1. The minimum absolute atomic E-state index is 0.163. The number of esters is 1. The predicted molar refractivity (Wildman–Crippen MR) is 59.3 cm³/mol. The third kappa shape index (κ3) is 2.13. The van der Waals surface area contributed by atoms with Crippen molar-refractivity contribution < 1.29 is 24.1 Å². The Morgan fingerprint density at radius 2 is 2.29 bits per heavy atom. The summed E-state index contributed by atoms with van der Waals surface area (Å²) in [6.45, 7) is 7.32. The van der Waals surface area contributed by atoms with E-state index >= 15 is 0 Å². The second-order valence-corrected chi connectivity index (χ2v) is 4.31. The second kappa shape index (κ2) is 4.60. The van der Waals surface area contributed by atoms with Crippen molar-refractivity contribution in [3.05, 3.63) is 25.3 Å².